The molecule has 1 N–H and O–H groups in total. The summed E-state index contributed by atoms with van der Waals surface area (Å²) in [6.07, 6.45) is 2.86. The Morgan fingerprint density at radius 1 is 1.37 bits per heavy atom. The third-order valence-corrected chi connectivity index (χ3v) is 3.12. The van der Waals surface area contributed by atoms with Gasteiger partial charge in [0.05, 0.1) is 18.4 Å². The lowest BCUT2D eigenvalue weighted by Gasteiger charge is -2.18. The number of hydrogen-bond acceptors (Lipinski definition) is 5. The van der Waals surface area contributed by atoms with Crippen LogP contribution in [0.4, 0.5) is 5.82 Å². The summed E-state index contributed by atoms with van der Waals surface area (Å²) in [7, 11) is 2.01. The minimum Gasteiger partial charge on any atom is -0.377 e. The number of hydrogen-bond donors (Lipinski definition) is 1. The van der Waals surface area contributed by atoms with Gasteiger partial charge < -0.3 is 15.0 Å². The second kappa shape index (κ2) is 6.82. The van der Waals surface area contributed by atoms with Crippen molar-refractivity contribution in [1.29, 1.82) is 0 Å². The summed E-state index contributed by atoms with van der Waals surface area (Å²) < 4.78 is 5.53. The summed E-state index contributed by atoms with van der Waals surface area (Å²) in [5.41, 5.74) is 1.00. The highest BCUT2D eigenvalue weighted by Crippen LogP contribution is 2.19. The van der Waals surface area contributed by atoms with E-state index in [2.05, 4.69) is 20.4 Å². The van der Waals surface area contributed by atoms with E-state index in [-0.39, 0.29) is 6.10 Å². The molecule has 0 bridgehead atoms. The molecule has 1 saturated carbocycles. The zero-order chi connectivity index (χ0) is 13.7. The second-order valence-electron chi connectivity index (χ2n) is 5.38. The number of ether oxygens (including phenoxy) is 1. The van der Waals surface area contributed by atoms with Gasteiger partial charge in [-0.3, -0.25) is 0 Å². The predicted molar refractivity (Wildman–Crippen MR) is 76.3 cm³/mol. The maximum atomic E-state index is 5.53. The molecular weight excluding hydrogens is 240 g/mol. The van der Waals surface area contributed by atoms with Gasteiger partial charge in [-0.25, -0.2) is 0 Å². The number of aromatic nitrogens is 2. The van der Waals surface area contributed by atoms with Crippen LogP contribution in [0, 0.1) is 0 Å². The van der Waals surface area contributed by atoms with Crippen LogP contribution >= 0.6 is 0 Å². The minimum atomic E-state index is 0.273. The summed E-state index contributed by atoms with van der Waals surface area (Å²) in [6.45, 7) is 6.44. The Labute approximate surface area is 115 Å². The molecule has 1 heterocycles. The van der Waals surface area contributed by atoms with E-state index in [1.54, 1.807) is 0 Å². The second-order valence-corrected chi connectivity index (χ2v) is 5.38. The fourth-order valence-electron chi connectivity index (χ4n) is 1.73. The molecular formula is C14H24N4O. The molecule has 5 heteroatoms. The minimum absolute atomic E-state index is 0.273. The molecule has 0 atom stereocenters. The number of anilines is 1. The third-order valence-electron chi connectivity index (χ3n) is 3.12. The highest BCUT2D eigenvalue weighted by Gasteiger charge is 2.20. The van der Waals surface area contributed by atoms with Crippen molar-refractivity contribution in [2.24, 2.45) is 0 Å². The standard InChI is InChI=1S/C14H24N4O/c1-11(2)19-9-8-18(3)14-7-6-13(16-17-14)10-15-12-4-5-12/h6-7,11-12,15H,4-5,8-10H2,1-3H3. The van der Waals surface area contributed by atoms with Crippen LogP contribution in [0.25, 0.3) is 0 Å². The molecule has 0 saturated heterocycles. The van der Waals surface area contributed by atoms with Gasteiger partial charge in [0.25, 0.3) is 0 Å². The first kappa shape index (κ1) is 14.2. The molecule has 0 radical (unpaired) electrons. The molecule has 2 rings (SSSR count). The topological polar surface area (TPSA) is 50.3 Å². The Morgan fingerprint density at radius 3 is 2.74 bits per heavy atom. The van der Waals surface area contributed by atoms with Gasteiger partial charge in [-0.2, -0.15) is 5.10 Å². The van der Waals surface area contributed by atoms with E-state index in [0.29, 0.717) is 12.6 Å². The molecule has 0 aliphatic heterocycles. The smallest absolute Gasteiger partial charge is 0.151 e. The summed E-state index contributed by atoms with van der Waals surface area (Å²) in [5, 5.41) is 11.9. The van der Waals surface area contributed by atoms with Gasteiger partial charge >= 0.3 is 0 Å². The van der Waals surface area contributed by atoms with Gasteiger partial charge in [0.2, 0.25) is 0 Å². The molecule has 1 aromatic rings. The van der Waals surface area contributed by atoms with Crippen molar-refractivity contribution < 1.29 is 4.74 Å². The summed E-state index contributed by atoms with van der Waals surface area (Å²) >= 11 is 0. The highest BCUT2D eigenvalue weighted by atomic mass is 16.5. The fourth-order valence-corrected chi connectivity index (χ4v) is 1.73. The Balaban J connectivity index is 1.75. The Kier molecular flexibility index (Phi) is 5.10. The van der Waals surface area contributed by atoms with Crippen molar-refractivity contribution in [3.05, 3.63) is 17.8 Å². The van der Waals surface area contributed by atoms with Crippen molar-refractivity contribution in [2.75, 3.05) is 25.1 Å². The molecule has 1 aliphatic carbocycles. The van der Waals surface area contributed by atoms with E-state index >= 15 is 0 Å². The van der Waals surface area contributed by atoms with Crippen molar-refractivity contribution in [3.8, 4) is 0 Å². The molecule has 0 spiro atoms. The lowest BCUT2D eigenvalue weighted by molar-refractivity contribution is 0.0845. The normalized spacial score (nSPS) is 14.9. The van der Waals surface area contributed by atoms with Crippen LogP contribution in [0.1, 0.15) is 32.4 Å². The van der Waals surface area contributed by atoms with E-state index in [9.17, 15) is 0 Å². The third kappa shape index (κ3) is 5.12. The lowest BCUT2D eigenvalue weighted by Crippen LogP contribution is -2.25. The summed E-state index contributed by atoms with van der Waals surface area (Å²) in [5.74, 6) is 0.891. The average Bonchev–Trinajstić information content (AvgIpc) is 3.20. The van der Waals surface area contributed by atoms with E-state index < -0.39 is 0 Å². The van der Waals surface area contributed by atoms with E-state index in [4.69, 9.17) is 4.74 Å². The molecule has 5 nitrogen and oxygen atoms in total. The van der Waals surface area contributed by atoms with Crippen LogP contribution in [0.3, 0.4) is 0 Å². The van der Waals surface area contributed by atoms with Gasteiger partial charge in [0, 0.05) is 26.2 Å². The monoisotopic (exact) mass is 264 g/mol. The number of nitrogens with one attached hydrogen (secondary N) is 1. The van der Waals surface area contributed by atoms with Crippen molar-refractivity contribution >= 4 is 5.82 Å². The molecule has 0 aromatic carbocycles. The maximum absolute atomic E-state index is 5.53. The van der Waals surface area contributed by atoms with Gasteiger partial charge in [-0.05, 0) is 38.8 Å². The largest absolute Gasteiger partial charge is 0.377 e. The quantitative estimate of drug-likeness (QED) is 0.772. The first-order valence-electron chi connectivity index (χ1n) is 7.04. The van der Waals surface area contributed by atoms with Crippen molar-refractivity contribution in [1.82, 2.24) is 15.5 Å². The molecule has 0 unspecified atom stereocenters. The first-order valence-corrected chi connectivity index (χ1v) is 7.04. The van der Waals surface area contributed by atoms with E-state index in [1.807, 2.05) is 33.0 Å². The van der Waals surface area contributed by atoms with Crippen molar-refractivity contribution in [2.45, 2.75) is 45.4 Å². The first-order chi connectivity index (χ1) is 9.15. The molecule has 19 heavy (non-hydrogen) atoms. The van der Waals surface area contributed by atoms with Crippen LogP contribution in [0.2, 0.25) is 0 Å². The maximum Gasteiger partial charge on any atom is 0.151 e. The van der Waals surface area contributed by atoms with E-state index in [1.165, 1.54) is 12.8 Å². The van der Waals surface area contributed by atoms with Crippen LogP contribution < -0.4 is 10.2 Å². The predicted octanol–water partition coefficient (Wildman–Crippen LogP) is 1.59. The number of rotatable bonds is 8. The zero-order valence-corrected chi connectivity index (χ0v) is 12.1. The van der Waals surface area contributed by atoms with Gasteiger partial charge in [-0.15, -0.1) is 5.10 Å². The molecule has 1 aromatic heterocycles. The van der Waals surface area contributed by atoms with Crippen molar-refractivity contribution in [3.63, 3.8) is 0 Å². The van der Waals surface area contributed by atoms with Crippen LogP contribution in [-0.4, -0.2) is 42.5 Å². The van der Waals surface area contributed by atoms with Crippen LogP contribution in [0.15, 0.2) is 12.1 Å². The van der Waals surface area contributed by atoms with E-state index in [0.717, 1.165) is 24.6 Å². The number of nitrogens with zero attached hydrogens (tertiary/aromatic N) is 3. The fraction of sp³-hybridized carbons (Fsp3) is 0.714. The Bertz CT molecular complexity index is 376. The van der Waals surface area contributed by atoms with Crippen LogP contribution in [0.5, 0.6) is 0 Å². The van der Waals surface area contributed by atoms with Gasteiger partial charge in [0.1, 0.15) is 0 Å². The van der Waals surface area contributed by atoms with Crippen LogP contribution in [-0.2, 0) is 11.3 Å². The number of likely N-dealkylation sites (N-methyl/N-ethyl adjacent to an activating group) is 1. The zero-order valence-electron chi connectivity index (χ0n) is 12.1. The highest BCUT2D eigenvalue weighted by molar-refractivity contribution is 5.35. The summed E-state index contributed by atoms with van der Waals surface area (Å²) in [6, 6.07) is 4.77. The molecule has 1 aliphatic rings. The Hall–Kier alpha value is -1.20. The Morgan fingerprint density at radius 2 is 2.16 bits per heavy atom. The SMILES string of the molecule is CC(C)OCCN(C)c1ccc(CNC2CC2)nn1. The summed E-state index contributed by atoms with van der Waals surface area (Å²) in [4.78, 5) is 2.06. The lowest BCUT2D eigenvalue weighted by atomic mass is 10.3. The van der Waals surface area contributed by atoms with Gasteiger partial charge in [0.15, 0.2) is 5.82 Å². The molecule has 0 amide bonds. The molecule has 1 fully saturated rings. The van der Waals surface area contributed by atoms with Gasteiger partial charge in [-0.1, -0.05) is 0 Å². The molecule has 106 valence electrons. The average molecular weight is 264 g/mol.